The number of aromatic nitrogens is 2. The first kappa shape index (κ1) is 14.5. The Kier molecular flexibility index (Phi) is 4.31. The van der Waals surface area contributed by atoms with Gasteiger partial charge in [-0.1, -0.05) is 6.92 Å². The molecule has 2 rings (SSSR count). The number of hydrogen-bond acceptors (Lipinski definition) is 3. The zero-order valence-corrected chi connectivity index (χ0v) is 13.2. The highest BCUT2D eigenvalue weighted by Crippen LogP contribution is 2.24. The average molecular weight is 264 g/mol. The Bertz CT molecular complexity index is 438. The Morgan fingerprint density at radius 2 is 2.00 bits per heavy atom. The molecule has 0 spiro atoms. The van der Waals surface area contributed by atoms with Crippen molar-refractivity contribution < 1.29 is 0 Å². The van der Waals surface area contributed by atoms with Crippen LogP contribution in [0.15, 0.2) is 0 Å². The fourth-order valence-electron chi connectivity index (χ4n) is 3.42. The van der Waals surface area contributed by atoms with Gasteiger partial charge in [0.15, 0.2) is 0 Å². The van der Waals surface area contributed by atoms with E-state index < -0.39 is 0 Å². The van der Waals surface area contributed by atoms with E-state index in [1.54, 1.807) is 0 Å². The summed E-state index contributed by atoms with van der Waals surface area (Å²) in [5.74, 6) is 0.707. The van der Waals surface area contributed by atoms with Gasteiger partial charge in [-0.15, -0.1) is 0 Å². The normalized spacial score (nSPS) is 26.6. The lowest BCUT2D eigenvalue weighted by Crippen LogP contribution is -2.47. The van der Waals surface area contributed by atoms with Crippen molar-refractivity contribution in [2.75, 3.05) is 20.1 Å². The van der Waals surface area contributed by atoms with Crippen molar-refractivity contribution in [3.05, 3.63) is 17.0 Å². The Morgan fingerprint density at radius 1 is 1.32 bits per heavy atom. The lowest BCUT2D eigenvalue weighted by Gasteiger charge is -2.37. The van der Waals surface area contributed by atoms with E-state index in [-0.39, 0.29) is 0 Å². The van der Waals surface area contributed by atoms with E-state index in [1.807, 2.05) is 11.7 Å². The lowest BCUT2D eigenvalue weighted by atomic mass is 9.92. The van der Waals surface area contributed by atoms with Crippen molar-refractivity contribution in [2.24, 2.45) is 13.0 Å². The number of piperidine rings is 1. The molecule has 1 aliphatic heterocycles. The predicted molar refractivity (Wildman–Crippen MR) is 79.3 cm³/mol. The Hall–Kier alpha value is -0.870. The maximum atomic E-state index is 4.52. The van der Waals surface area contributed by atoms with Gasteiger partial charge >= 0.3 is 0 Å². The molecule has 0 bridgehead atoms. The minimum absolute atomic E-state index is 0.379. The average Bonchev–Trinajstić information content (AvgIpc) is 2.57. The number of likely N-dealkylation sites (tertiary alicyclic amines) is 1. The van der Waals surface area contributed by atoms with Crippen molar-refractivity contribution in [1.82, 2.24) is 20.0 Å². The Balaban J connectivity index is 2.06. The molecular weight excluding hydrogens is 236 g/mol. The van der Waals surface area contributed by atoms with E-state index >= 15 is 0 Å². The van der Waals surface area contributed by atoms with Crippen LogP contribution in [-0.2, 0) is 7.05 Å². The first-order valence-corrected chi connectivity index (χ1v) is 7.34. The third-order valence-corrected chi connectivity index (χ3v) is 4.57. The second kappa shape index (κ2) is 5.63. The van der Waals surface area contributed by atoms with Crippen LogP contribution in [0.3, 0.4) is 0 Å². The van der Waals surface area contributed by atoms with Crippen LogP contribution in [0.1, 0.15) is 43.3 Å². The highest BCUT2D eigenvalue weighted by atomic mass is 15.3. The number of nitrogens with zero attached hydrogens (tertiary/aromatic N) is 3. The summed E-state index contributed by atoms with van der Waals surface area (Å²) in [6, 6.07) is 0.995. The highest BCUT2D eigenvalue weighted by Gasteiger charge is 2.26. The van der Waals surface area contributed by atoms with E-state index in [2.05, 4.69) is 50.1 Å². The second-order valence-electron chi connectivity index (χ2n) is 6.23. The monoisotopic (exact) mass is 264 g/mol. The summed E-state index contributed by atoms with van der Waals surface area (Å²) in [6.45, 7) is 11.3. The summed E-state index contributed by atoms with van der Waals surface area (Å²) in [4.78, 5) is 2.42. The van der Waals surface area contributed by atoms with Gasteiger partial charge in [-0.2, -0.15) is 5.10 Å². The van der Waals surface area contributed by atoms with Gasteiger partial charge in [0.05, 0.1) is 5.69 Å². The van der Waals surface area contributed by atoms with Gasteiger partial charge in [0.25, 0.3) is 0 Å². The maximum Gasteiger partial charge on any atom is 0.0644 e. The van der Waals surface area contributed by atoms with E-state index in [9.17, 15) is 0 Å². The summed E-state index contributed by atoms with van der Waals surface area (Å²) in [6.07, 6.45) is 1.24. The fraction of sp³-hybridized carbons (Fsp3) is 0.800. The SMILES string of the molecule is Cc1nn(C)c(C)c1C(C)NC1CCN(C)CC1C. The van der Waals surface area contributed by atoms with Crippen LogP contribution in [0.25, 0.3) is 0 Å². The smallest absolute Gasteiger partial charge is 0.0644 e. The minimum Gasteiger partial charge on any atom is -0.307 e. The Morgan fingerprint density at radius 3 is 2.53 bits per heavy atom. The molecule has 1 aromatic rings. The van der Waals surface area contributed by atoms with Crippen LogP contribution in [0.2, 0.25) is 0 Å². The van der Waals surface area contributed by atoms with Crippen molar-refractivity contribution >= 4 is 0 Å². The van der Waals surface area contributed by atoms with E-state index in [0.29, 0.717) is 18.0 Å². The molecule has 1 aromatic heterocycles. The van der Waals surface area contributed by atoms with Crippen LogP contribution >= 0.6 is 0 Å². The molecule has 0 aliphatic carbocycles. The molecule has 19 heavy (non-hydrogen) atoms. The molecule has 2 heterocycles. The van der Waals surface area contributed by atoms with Gasteiger partial charge in [-0.25, -0.2) is 0 Å². The van der Waals surface area contributed by atoms with Crippen molar-refractivity contribution in [3.8, 4) is 0 Å². The van der Waals surface area contributed by atoms with Crippen LogP contribution in [0, 0.1) is 19.8 Å². The molecule has 0 radical (unpaired) electrons. The van der Waals surface area contributed by atoms with Gasteiger partial charge < -0.3 is 10.2 Å². The second-order valence-corrected chi connectivity index (χ2v) is 6.23. The van der Waals surface area contributed by atoms with Crippen LogP contribution in [0.4, 0.5) is 0 Å². The lowest BCUT2D eigenvalue weighted by molar-refractivity contribution is 0.167. The van der Waals surface area contributed by atoms with Gasteiger partial charge in [0, 0.05) is 36.9 Å². The zero-order valence-electron chi connectivity index (χ0n) is 13.2. The van der Waals surface area contributed by atoms with Gasteiger partial charge in [-0.05, 0) is 46.7 Å². The molecule has 3 unspecified atom stereocenters. The molecule has 108 valence electrons. The number of aryl methyl sites for hydroxylation is 2. The maximum absolute atomic E-state index is 4.52. The zero-order chi connectivity index (χ0) is 14.2. The van der Waals surface area contributed by atoms with Crippen LogP contribution in [-0.4, -0.2) is 40.9 Å². The van der Waals surface area contributed by atoms with Gasteiger partial charge in [0.2, 0.25) is 0 Å². The number of hydrogen-bond donors (Lipinski definition) is 1. The summed E-state index contributed by atoms with van der Waals surface area (Å²) >= 11 is 0. The fourth-order valence-corrected chi connectivity index (χ4v) is 3.42. The first-order chi connectivity index (χ1) is 8.90. The largest absolute Gasteiger partial charge is 0.307 e. The van der Waals surface area contributed by atoms with Crippen LogP contribution in [0.5, 0.6) is 0 Å². The molecule has 1 aliphatic rings. The topological polar surface area (TPSA) is 33.1 Å². The molecule has 1 saturated heterocycles. The molecule has 4 nitrogen and oxygen atoms in total. The molecule has 4 heteroatoms. The van der Waals surface area contributed by atoms with Gasteiger partial charge in [-0.3, -0.25) is 4.68 Å². The van der Waals surface area contributed by atoms with Crippen molar-refractivity contribution in [2.45, 2.75) is 46.2 Å². The summed E-state index contributed by atoms with van der Waals surface area (Å²) < 4.78 is 1.99. The van der Waals surface area contributed by atoms with E-state index in [1.165, 1.54) is 30.8 Å². The molecule has 1 N–H and O–H groups in total. The quantitative estimate of drug-likeness (QED) is 0.907. The summed E-state index contributed by atoms with van der Waals surface area (Å²) in [5, 5.41) is 8.34. The predicted octanol–water partition coefficient (Wildman–Crippen LogP) is 2.03. The van der Waals surface area contributed by atoms with E-state index in [0.717, 1.165) is 5.69 Å². The third kappa shape index (κ3) is 3.00. The molecule has 3 atom stereocenters. The van der Waals surface area contributed by atoms with Crippen molar-refractivity contribution in [3.63, 3.8) is 0 Å². The molecule has 0 saturated carbocycles. The first-order valence-electron chi connectivity index (χ1n) is 7.34. The van der Waals surface area contributed by atoms with Crippen molar-refractivity contribution in [1.29, 1.82) is 0 Å². The number of rotatable bonds is 3. The van der Waals surface area contributed by atoms with Crippen LogP contribution < -0.4 is 5.32 Å². The van der Waals surface area contributed by atoms with E-state index in [4.69, 9.17) is 0 Å². The summed E-state index contributed by atoms with van der Waals surface area (Å²) in [5.41, 5.74) is 3.80. The number of nitrogens with one attached hydrogen (secondary N) is 1. The molecular formula is C15H28N4. The summed E-state index contributed by atoms with van der Waals surface area (Å²) in [7, 11) is 4.24. The Labute approximate surface area is 117 Å². The molecule has 0 amide bonds. The molecule has 1 fully saturated rings. The van der Waals surface area contributed by atoms with Gasteiger partial charge in [0.1, 0.15) is 0 Å². The highest BCUT2D eigenvalue weighted by molar-refractivity contribution is 5.27. The standard InChI is InChI=1S/C15H28N4/c1-10-9-18(5)8-7-14(10)16-11(2)15-12(3)17-19(6)13(15)4/h10-11,14,16H,7-9H2,1-6H3. The molecule has 0 aromatic carbocycles. The third-order valence-electron chi connectivity index (χ3n) is 4.57. The minimum atomic E-state index is 0.379.